The standard InChI is InChI=1S/C17H13BrF2O2/c1-22-16(21)17(6-7-17)12-4-2-10(3-5-12)11-8-13(19)15(18)14(20)9-11/h2-5,8-9H,6-7H2,1H3. The third-order valence-corrected chi connectivity index (χ3v) is 4.84. The van der Waals surface area contributed by atoms with Gasteiger partial charge < -0.3 is 4.74 Å². The van der Waals surface area contributed by atoms with E-state index in [0.29, 0.717) is 11.1 Å². The lowest BCUT2D eigenvalue weighted by molar-refractivity contribution is -0.143. The van der Waals surface area contributed by atoms with Gasteiger partial charge in [-0.1, -0.05) is 24.3 Å². The molecule has 114 valence electrons. The van der Waals surface area contributed by atoms with Crippen molar-refractivity contribution in [2.75, 3.05) is 7.11 Å². The predicted molar refractivity (Wildman–Crippen MR) is 82.4 cm³/mol. The van der Waals surface area contributed by atoms with Gasteiger partial charge in [-0.15, -0.1) is 0 Å². The molecule has 5 heteroatoms. The summed E-state index contributed by atoms with van der Waals surface area (Å²) in [6.07, 6.45) is 1.53. The van der Waals surface area contributed by atoms with Gasteiger partial charge in [-0.05, 0) is 57.6 Å². The number of esters is 1. The Balaban J connectivity index is 1.94. The van der Waals surface area contributed by atoms with Crippen molar-refractivity contribution < 1.29 is 18.3 Å². The Kier molecular flexibility index (Phi) is 3.77. The number of halogens is 3. The molecule has 0 amide bonds. The quantitative estimate of drug-likeness (QED) is 0.586. The minimum atomic E-state index is -0.646. The third kappa shape index (κ3) is 2.43. The van der Waals surface area contributed by atoms with Gasteiger partial charge in [0.2, 0.25) is 0 Å². The van der Waals surface area contributed by atoms with Gasteiger partial charge in [0, 0.05) is 0 Å². The highest BCUT2D eigenvalue weighted by Crippen LogP contribution is 2.49. The summed E-state index contributed by atoms with van der Waals surface area (Å²) in [7, 11) is 1.38. The van der Waals surface area contributed by atoms with E-state index < -0.39 is 17.0 Å². The van der Waals surface area contributed by atoms with E-state index in [1.165, 1.54) is 19.2 Å². The minimum Gasteiger partial charge on any atom is -0.468 e. The summed E-state index contributed by atoms with van der Waals surface area (Å²) in [5.74, 6) is -1.53. The first-order valence-corrected chi connectivity index (χ1v) is 7.61. The molecule has 0 bridgehead atoms. The molecule has 1 saturated carbocycles. The lowest BCUT2D eigenvalue weighted by Crippen LogP contribution is -2.21. The monoisotopic (exact) mass is 366 g/mol. The molecule has 3 rings (SSSR count). The molecule has 22 heavy (non-hydrogen) atoms. The largest absolute Gasteiger partial charge is 0.468 e. The zero-order chi connectivity index (χ0) is 15.9. The van der Waals surface area contributed by atoms with Crippen LogP contribution in [0.2, 0.25) is 0 Å². The van der Waals surface area contributed by atoms with Crippen LogP contribution >= 0.6 is 15.9 Å². The maximum Gasteiger partial charge on any atom is 0.316 e. The Bertz CT molecular complexity index is 714. The second-order valence-corrected chi connectivity index (χ2v) is 6.20. The van der Waals surface area contributed by atoms with Crippen molar-refractivity contribution >= 4 is 21.9 Å². The summed E-state index contributed by atoms with van der Waals surface area (Å²) in [4.78, 5) is 11.9. The fraction of sp³-hybridized carbons (Fsp3) is 0.235. The summed E-state index contributed by atoms with van der Waals surface area (Å²) in [5.41, 5.74) is 1.48. The Labute approximate surface area is 135 Å². The highest BCUT2D eigenvalue weighted by Gasteiger charge is 2.52. The Morgan fingerprint density at radius 2 is 1.64 bits per heavy atom. The van der Waals surface area contributed by atoms with Crippen molar-refractivity contribution in [1.29, 1.82) is 0 Å². The van der Waals surface area contributed by atoms with Gasteiger partial charge in [0.25, 0.3) is 0 Å². The highest BCUT2D eigenvalue weighted by molar-refractivity contribution is 9.10. The number of hydrogen-bond acceptors (Lipinski definition) is 2. The molecule has 1 fully saturated rings. The average molecular weight is 367 g/mol. The summed E-state index contributed by atoms with van der Waals surface area (Å²) < 4.78 is 31.9. The van der Waals surface area contributed by atoms with Crippen LogP contribution in [0.3, 0.4) is 0 Å². The molecule has 1 aliphatic rings. The van der Waals surface area contributed by atoms with E-state index in [4.69, 9.17) is 4.74 Å². The Morgan fingerprint density at radius 3 is 2.09 bits per heavy atom. The van der Waals surface area contributed by atoms with E-state index in [-0.39, 0.29) is 10.4 Å². The maximum atomic E-state index is 13.6. The first-order chi connectivity index (χ1) is 10.5. The van der Waals surface area contributed by atoms with Gasteiger partial charge in [-0.25, -0.2) is 8.78 Å². The van der Waals surface area contributed by atoms with E-state index >= 15 is 0 Å². The van der Waals surface area contributed by atoms with Crippen LogP contribution in [0.4, 0.5) is 8.78 Å². The van der Waals surface area contributed by atoms with Gasteiger partial charge >= 0.3 is 5.97 Å². The molecular weight excluding hydrogens is 354 g/mol. The fourth-order valence-corrected chi connectivity index (χ4v) is 2.86. The molecule has 0 aromatic heterocycles. The van der Waals surface area contributed by atoms with Crippen LogP contribution in [0.15, 0.2) is 40.9 Å². The topological polar surface area (TPSA) is 26.3 Å². The van der Waals surface area contributed by atoms with E-state index in [9.17, 15) is 13.6 Å². The van der Waals surface area contributed by atoms with Crippen LogP contribution in [0.1, 0.15) is 18.4 Å². The van der Waals surface area contributed by atoms with Crippen LogP contribution < -0.4 is 0 Å². The number of methoxy groups -OCH3 is 1. The molecule has 0 spiro atoms. The van der Waals surface area contributed by atoms with E-state index in [2.05, 4.69) is 15.9 Å². The molecular formula is C17H13BrF2O2. The van der Waals surface area contributed by atoms with Crippen LogP contribution in [-0.4, -0.2) is 13.1 Å². The second kappa shape index (κ2) is 5.47. The fourth-order valence-electron chi connectivity index (χ4n) is 2.63. The normalized spacial score (nSPS) is 15.5. The van der Waals surface area contributed by atoms with Gasteiger partial charge in [0.05, 0.1) is 17.0 Å². The highest BCUT2D eigenvalue weighted by atomic mass is 79.9. The lowest BCUT2D eigenvalue weighted by atomic mass is 9.94. The lowest BCUT2D eigenvalue weighted by Gasteiger charge is -2.13. The number of hydrogen-bond donors (Lipinski definition) is 0. The molecule has 2 aromatic carbocycles. The molecule has 1 aliphatic carbocycles. The molecule has 0 N–H and O–H groups in total. The number of benzene rings is 2. The Morgan fingerprint density at radius 1 is 1.09 bits per heavy atom. The van der Waals surface area contributed by atoms with Crippen LogP contribution in [0.5, 0.6) is 0 Å². The summed E-state index contributed by atoms with van der Waals surface area (Å²) >= 11 is 2.85. The van der Waals surface area contributed by atoms with Crippen molar-refractivity contribution in [3.05, 3.63) is 58.1 Å². The molecule has 0 atom stereocenters. The molecule has 2 aromatic rings. The minimum absolute atomic E-state index is 0.171. The second-order valence-electron chi connectivity index (χ2n) is 5.40. The average Bonchev–Trinajstić information content (AvgIpc) is 3.33. The maximum absolute atomic E-state index is 13.6. The van der Waals surface area contributed by atoms with Crippen molar-refractivity contribution in [1.82, 2.24) is 0 Å². The van der Waals surface area contributed by atoms with E-state index in [1.54, 1.807) is 12.1 Å². The van der Waals surface area contributed by atoms with Crippen molar-refractivity contribution in [3.8, 4) is 11.1 Å². The smallest absolute Gasteiger partial charge is 0.316 e. The number of carbonyl (C=O) groups excluding carboxylic acids is 1. The van der Waals surface area contributed by atoms with Gasteiger partial charge in [-0.3, -0.25) is 4.79 Å². The first kappa shape index (κ1) is 15.2. The van der Waals surface area contributed by atoms with Crippen molar-refractivity contribution in [2.24, 2.45) is 0 Å². The SMILES string of the molecule is COC(=O)C1(c2ccc(-c3cc(F)c(Br)c(F)c3)cc2)CC1. The van der Waals surface area contributed by atoms with E-state index in [1.807, 2.05) is 12.1 Å². The molecule has 0 saturated heterocycles. The van der Waals surface area contributed by atoms with Crippen molar-refractivity contribution in [3.63, 3.8) is 0 Å². The number of ether oxygens (including phenoxy) is 1. The number of carbonyl (C=O) groups is 1. The summed E-state index contributed by atoms with van der Waals surface area (Å²) in [6, 6.07) is 9.71. The van der Waals surface area contributed by atoms with Gasteiger partial charge in [0.15, 0.2) is 0 Å². The first-order valence-electron chi connectivity index (χ1n) is 6.82. The van der Waals surface area contributed by atoms with Crippen LogP contribution in [-0.2, 0) is 14.9 Å². The zero-order valence-electron chi connectivity index (χ0n) is 11.8. The predicted octanol–water partition coefficient (Wildman–Crippen LogP) is 4.60. The molecule has 0 heterocycles. The molecule has 2 nitrogen and oxygen atoms in total. The van der Waals surface area contributed by atoms with E-state index in [0.717, 1.165) is 18.4 Å². The number of rotatable bonds is 3. The summed E-state index contributed by atoms with van der Waals surface area (Å²) in [5, 5.41) is 0. The van der Waals surface area contributed by atoms with Gasteiger partial charge in [0.1, 0.15) is 11.6 Å². The zero-order valence-corrected chi connectivity index (χ0v) is 13.4. The van der Waals surface area contributed by atoms with Crippen LogP contribution in [0, 0.1) is 11.6 Å². The Hall–Kier alpha value is -1.75. The van der Waals surface area contributed by atoms with Gasteiger partial charge in [-0.2, -0.15) is 0 Å². The molecule has 0 aliphatic heterocycles. The van der Waals surface area contributed by atoms with Crippen LogP contribution in [0.25, 0.3) is 11.1 Å². The summed E-state index contributed by atoms with van der Waals surface area (Å²) in [6.45, 7) is 0. The van der Waals surface area contributed by atoms with Crippen molar-refractivity contribution in [2.45, 2.75) is 18.3 Å². The molecule has 0 unspecified atom stereocenters. The molecule has 0 radical (unpaired) electrons. The third-order valence-electron chi connectivity index (χ3n) is 4.08.